The lowest BCUT2D eigenvalue weighted by molar-refractivity contribution is 0.0602. The topological polar surface area (TPSA) is 76.1 Å². The molecule has 0 aliphatic rings. The summed E-state index contributed by atoms with van der Waals surface area (Å²) in [5.41, 5.74) is 2.25. The molecule has 138 valence electrons. The zero-order valence-corrected chi connectivity index (χ0v) is 15.5. The summed E-state index contributed by atoms with van der Waals surface area (Å²) in [6, 6.07) is 16.6. The highest BCUT2D eigenvalue weighted by Gasteiger charge is 2.11. The fourth-order valence-electron chi connectivity index (χ4n) is 2.53. The number of rotatable bonds is 7. The van der Waals surface area contributed by atoms with Gasteiger partial charge < -0.3 is 15.4 Å². The Balaban J connectivity index is 1.64. The average Bonchev–Trinajstić information content (AvgIpc) is 2.70. The second-order valence-corrected chi connectivity index (χ2v) is 6.19. The van der Waals surface area contributed by atoms with Gasteiger partial charge in [0.2, 0.25) is 0 Å². The molecule has 0 aliphatic carbocycles. The van der Waals surface area contributed by atoms with Crippen LogP contribution in [0.15, 0.2) is 60.9 Å². The molecule has 27 heavy (non-hydrogen) atoms. The average molecular weight is 383 g/mol. The maximum absolute atomic E-state index is 11.9. The van der Waals surface area contributed by atoms with E-state index in [1.807, 2.05) is 30.3 Å². The Morgan fingerprint density at radius 1 is 1.07 bits per heavy atom. The highest BCUT2D eigenvalue weighted by Crippen LogP contribution is 2.21. The minimum absolute atomic E-state index is 0.409. The summed E-state index contributed by atoms with van der Waals surface area (Å²) < 4.78 is 4.81. The molecule has 0 unspecified atom stereocenters. The molecular weight excluding hydrogens is 364 g/mol. The number of benzene rings is 2. The first kappa shape index (κ1) is 18.7. The molecule has 1 aromatic heterocycles. The summed E-state index contributed by atoms with van der Waals surface area (Å²) in [4.78, 5) is 20.3. The Bertz CT molecular complexity index is 916. The van der Waals surface area contributed by atoms with Crippen molar-refractivity contribution in [1.82, 2.24) is 9.97 Å². The van der Waals surface area contributed by atoms with E-state index in [1.54, 1.807) is 24.3 Å². The fourth-order valence-corrected chi connectivity index (χ4v) is 2.65. The van der Waals surface area contributed by atoms with E-state index < -0.39 is 5.97 Å². The SMILES string of the molecule is COC(=O)c1ccccc1Nc1cc(NCCc2ccc(Cl)cc2)ncn1. The number of nitrogens with zero attached hydrogens (tertiary/aromatic N) is 2. The van der Waals surface area contributed by atoms with Crippen LogP contribution in [0, 0.1) is 0 Å². The summed E-state index contributed by atoms with van der Waals surface area (Å²) in [6.45, 7) is 0.719. The molecule has 2 aromatic carbocycles. The van der Waals surface area contributed by atoms with E-state index in [1.165, 1.54) is 19.0 Å². The molecule has 3 rings (SSSR count). The molecule has 1 heterocycles. The van der Waals surface area contributed by atoms with Crippen LogP contribution in [0.3, 0.4) is 0 Å². The molecule has 0 amide bonds. The van der Waals surface area contributed by atoms with Crippen LogP contribution < -0.4 is 10.6 Å². The van der Waals surface area contributed by atoms with Gasteiger partial charge in [-0.15, -0.1) is 0 Å². The zero-order chi connectivity index (χ0) is 19.1. The molecule has 0 fully saturated rings. The van der Waals surface area contributed by atoms with Gasteiger partial charge in [-0.05, 0) is 36.2 Å². The van der Waals surface area contributed by atoms with E-state index in [4.69, 9.17) is 16.3 Å². The van der Waals surface area contributed by atoms with E-state index in [-0.39, 0.29) is 0 Å². The van der Waals surface area contributed by atoms with Gasteiger partial charge in [-0.2, -0.15) is 0 Å². The number of hydrogen-bond donors (Lipinski definition) is 2. The second kappa shape index (κ2) is 9.00. The maximum atomic E-state index is 11.9. The molecule has 6 nitrogen and oxygen atoms in total. The van der Waals surface area contributed by atoms with E-state index in [2.05, 4.69) is 20.6 Å². The lowest BCUT2D eigenvalue weighted by Crippen LogP contribution is -2.08. The number of anilines is 3. The van der Waals surface area contributed by atoms with Crippen molar-refractivity contribution in [2.45, 2.75) is 6.42 Å². The molecular formula is C20H19ClN4O2. The van der Waals surface area contributed by atoms with E-state index in [0.717, 1.165) is 18.0 Å². The quantitative estimate of drug-likeness (QED) is 0.593. The smallest absolute Gasteiger partial charge is 0.339 e. The number of nitrogens with one attached hydrogen (secondary N) is 2. The Morgan fingerprint density at radius 2 is 1.81 bits per heavy atom. The third-order valence-electron chi connectivity index (χ3n) is 3.90. The summed E-state index contributed by atoms with van der Waals surface area (Å²) in [6.07, 6.45) is 2.31. The van der Waals surface area contributed by atoms with Crippen molar-refractivity contribution in [1.29, 1.82) is 0 Å². The third-order valence-corrected chi connectivity index (χ3v) is 4.15. The molecule has 7 heteroatoms. The molecule has 0 saturated carbocycles. The normalized spacial score (nSPS) is 10.3. The van der Waals surface area contributed by atoms with Crippen LogP contribution in [0.4, 0.5) is 17.3 Å². The Kier molecular flexibility index (Phi) is 6.22. The van der Waals surface area contributed by atoms with Crippen LogP contribution in [0.5, 0.6) is 0 Å². The van der Waals surface area contributed by atoms with Crippen molar-refractivity contribution in [3.63, 3.8) is 0 Å². The van der Waals surface area contributed by atoms with Gasteiger partial charge >= 0.3 is 5.97 Å². The summed E-state index contributed by atoms with van der Waals surface area (Å²) in [5, 5.41) is 7.13. The van der Waals surface area contributed by atoms with E-state index in [0.29, 0.717) is 22.9 Å². The van der Waals surface area contributed by atoms with Crippen molar-refractivity contribution in [2.75, 3.05) is 24.3 Å². The number of para-hydroxylation sites is 1. The van der Waals surface area contributed by atoms with Gasteiger partial charge in [-0.1, -0.05) is 35.9 Å². The molecule has 0 aliphatic heterocycles. The molecule has 3 aromatic rings. The Labute approximate surface area is 162 Å². The van der Waals surface area contributed by atoms with Crippen molar-refractivity contribution in [3.05, 3.63) is 77.1 Å². The van der Waals surface area contributed by atoms with E-state index >= 15 is 0 Å². The lowest BCUT2D eigenvalue weighted by atomic mass is 10.1. The molecule has 2 N–H and O–H groups in total. The first-order valence-electron chi connectivity index (χ1n) is 8.40. The van der Waals surface area contributed by atoms with Crippen LogP contribution in [-0.2, 0) is 11.2 Å². The predicted octanol–water partition coefficient (Wildman–Crippen LogP) is 4.31. The number of esters is 1. The third kappa shape index (κ3) is 5.18. The first-order valence-corrected chi connectivity index (χ1v) is 8.78. The lowest BCUT2D eigenvalue weighted by Gasteiger charge is -2.11. The van der Waals surface area contributed by atoms with Gasteiger partial charge in [0.25, 0.3) is 0 Å². The minimum Gasteiger partial charge on any atom is -0.465 e. The van der Waals surface area contributed by atoms with Crippen molar-refractivity contribution < 1.29 is 9.53 Å². The monoisotopic (exact) mass is 382 g/mol. The summed E-state index contributed by atoms with van der Waals surface area (Å²) >= 11 is 5.90. The number of carbonyl (C=O) groups excluding carboxylic acids is 1. The number of methoxy groups -OCH3 is 1. The first-order chi connectivity index (χ1) is 13.2. The van der Waals surface area contributed by atoms with Crippen molar-refractivity contribution in [2.24, 2.45) is 0 Å². The molecule has 0 radical (unpaired) electrons. The van der Waals surface area contributed by atoms with Crippen LogP contribution in [-0.4, -0.2) is 29.6 Å². The Morgan fingerprint density at radius 3 is 2.59 bits per heavy atom. The number of halogens is 1. The van der Waals surface area contributed by atoms with Gasteiger partial charge in [0.15, 0.2) is 0 Å². The predicted molar refractivity (Wildman–Crippen MR) is 107 cm³/mol. The summed E-state index contributed by atoms with van der Waals surface area (Å²) in [5.74, 6) is 0.862. The van der Waals surface area contributed by atoms with Crippen LogP contribution in [0.2, 0.25) is 5.02 Å². The van der Waals surface area contributed by atoms with E-state index in [9.17, 15) is 4.79 Å². The number of carbonyl (C=O) groups is 1. The van der Waals surface area contributed by atoms with Gasteiger partial charge in [0.05, 0.1) is 18.4 Å². The maximum Gasteiger partial charge on any atom is 0.339 e. The molecule has 0 atom stereocenters. The standard InChI is InChI=1S/C20H19ClN4O2/c1-27-20(26)16-4-2-3-5-17(16)25-19-12-18(23-13-24-19)22-11-10-14-6-8-15(21)9-7-14/h2-9,12-13H,10-11H2,1H3,(H2,22,23,24,25). The highest BCUT2D eigenvalue weighted by atomic mass is 35.5. The minimum atomic E-state index is -0.409. The number of aromatic nitrogens is 2. The molecule has 0 bridgehead atoms. The van der Waals surface area contributed by atoms with Crippen LogP contribution >= 0.6 is 11.6 Å². The van der Waals surface area contributed by atoms with Gasteiger partial charge in [-0.25, -0.2) is 14.8 Å². The van der Waals surface area contributed by atoms with Crippen LogP contribution in [0.25, 0.3) is 0 Å². The number of hydrogen-bond acceptors (Lipinski definition) is 6. The molecule has 0 spiro atoms. The highest BCUT2D eigenvalue weighted by molar-refractivity contribution is 6.30. The zero-order valence-electron chi connectivity index (χ0n) is 14.8. The van der Waals surface area contributed by atoms with Gasteiger partial charge in [0.1, 0.15) is 18.0 Å². The van der Waals surface area contributed by atoms with Crippen molar-refractivity contribution in [3.8, 4) is 0 Å². The largest absolute Gasteiger partial charge is 0.465 e. The van der Waals surface area contributed by atoms with Gasteiger partial charge in [-0.3, -0.25) is 0 Å². The Hall–Kier alpha value is -3.12. The summed E-state index contributed by atoms with van der Waals surface area (Å²) in [7, 11) is 1.35. The molecule has 0 saturated heterocycles. The fraction of sp³-hybridized carbons (Fsp3) is 0.150. The number of ether oxygens (including phenoxy) is 1. The van der Waals surface area contributed by atoms with Gasteiger partial charge in [0, 0.05) is 17.6 Å². The van der Waals surface area contributed by atoms with Crippen molar-refractivity contribution >= 4 is 34.9 Å². The van der Waals surface area contributed by atoms with Crippen LogP contribution in [0.1, 0.15) is 15.9 Å². The second-order valence-electron chi connectivity index (χ2n) is 5.75.